The smallest absolute Gasteiger partial charge is 0.0315 e. The summed E-state index contributed by atoms with van der Waals surface area (Å²) in [5.74, 6) is 0. The average Bonchev–Trinajstić information content (AvgIpc) is 2.65. The highest BCUT2D eigenvalue weighted by Gasteiger charge is 2.19. The minimum absolute atomic E-state index is 0.367. The lowest BCUT2D eigenvalue weighted by atomic mass is 10.1. The zero-order valence-electron chi connectivity index (χ0n) is 9.32. The average molecular weight is 205 g/mol. The Kier molecular flexibility index (Phi) is 3.34. The van der Waals surface area contributed by atoms with Crippen LogP contribution in [0.1, 0.15) is 24.5 Å². The van der Waals surface area contributed by atoms with Gasteiger partial charge in [-0.15, -0.1) is 0 Å². The molecule has 3 nitrogen and oxygen atoms in total. The van der Waals surface area contributed by atoms with E-state index >= 15 is 0 Å². The Morgan fingerprint density at radius 2 is 2.40 bits per heavy atom. The van der Waals surface area contributed by atoms with Gasteiger partial charge < -0.3 is 5.73 Å². The Bertz CT molecular complexity index is 324. The van der Waals surface area contributed by atoms with E-state index in [1.165, 1.54) is 11.1 Å². The van der Waals surface area contributed by atoms with E-state index in [9.17, 15) is 0 Å². The van der Waals surface area contributed by atoms with Crippen molar-refractivity contribution in [1.82, 2.24) is 9.88 Å². The van der Waals surface area contributed by atoms with Crippen LogP contribution in [0.4, 0.5) is 0 Å². The molecule has 1 fully saturated rings. The summed E-state index contributed by atoms with van der Waals surface area (Å²) in [5.41, 5.74) is 8.66. The number of nitrogens with two attached hydrogens (primary N) is 1. The van der Waals surface area contributed by atoms with Crippen LogP contribution in [0.15, 0.2) is 18.5 Å². The minimum Gasteiger partial charge on any atom is -0.326 e. The third-order valence-corrected chi connectivity index (χ3v) is 3.09. The number of rotatable bonds is 3. The van der Waals surface area contributed by atoms with Crippen molar-refractivity contribution in [2.24, 2.45) is 5.73 Å². The first-order valence-corrected chi connectivity index (χ1v) is 5.69. The van der Waals surface area contributed by atoms with Crippen LogP contribution in [0, 0.1) is 0 Å². The Morgan fingerprint density at radius 3 is 3.07 bits per heavy atom. The molecule has 0 aliphatic carbocycles. The SMILES string of the molecule is CCc1ccncc1CN1CCC(N)C1. The summed E-state index contributed by atoms with van der Waals surface area (Å²) >= 11 is 0. The monoisotopic (exact) mass is 205 g/mol. The summed E-state index contributed by atoms with van der Waals surface area (Å²) in [6.07, 6.45) is 6.07. The highest BCUT2D eigenvalue weighted by atomic mass is 15.2. The van der Waals surface area contributed by atoms with Gasteiger partial charge in [0.25, 0.3) is 0 Å². The number of likely N-dealkylation sites (tertiary alicyclic amines) is 1. The van der Waals surface area contributed by atoms with Crippen molar-refractivity contribution < 1.29 is 0 Å². The Balaban J connectivity index is 2.04. The third-order valence-electron chi connectivity index (χ3n) is 3.09. The summed E-state index contributed by atoms with van der Waals surface area (Å²) in [4.78, 5) is 6.61. The molecule has 2 heterocycles. The second kappa shape index (κ2) is 4.73. The van der Waals surface area contributed by atoms with E-state index in [4.69, 9.17) is 5.73 Å². The molecule has 2 rings (SSSR count). The minimum atomic E-state index is 0.367. The zero-order valence-corrected chi connectivity index (χ0v) is 9.32. The predicted molar refractivity (Wildman–Crippen MR) is 61.5 cm³/mol. The van der Waals surface area contributed by atoms with Crippen LogP contribution in [0.2, 0.25) is 0 Å². The predicted octanol–water partition coefficient (Wildman–Crippen LogP) is 1.18. The van der Waals surface area contributed by atoms with Gasteiger partial charge in [-0.05, 0) is 30.0 Å². The van der Waals surface area contributed by atoms with Crippen molar-refractivity contribution in [3.05, 3.63) is 29.6 Å². The van der Waals surface area contributed by atoms with Crippen molar-refractivity contribution in [1.29, 1.82) is 0 Å². The van der Waals surface area contributed by atoms with Gasteiger partial charge in [-0.1, -0.05) is 6.92 Å². The van der Waals surface area contributed by atoms with E-state index in [2.05, 4.69) is 22.9 Å². The maximum absolute atomic E-state index is 5.89. The van der Waals surface area contributed by atoms with E-state index in [0.29, 0.717) is 6.04 Å². The van der Waals surface area contributed by atoms with Gasteiger partial charge in [0.05, 0.1) is 0 Å². The van der Waals surface area contributed by atoms with Gasteiger partial charge in [0.1, 0.15) is 0 Å². The van der Waals surface area contributed by atoms with Gasteiger partial charge >= 0.3 is 0 Å². The third kappa shape index (κ3) is 2.55. The second-order valence-electron chi connectivity index (χ2n) is 4.28. The maximum atomic E-state index is 5.89. The number of hydrogen-bond donors (Lipinski definition) is 1. The summed E-state index contributed by atoms with van der Waals surface area (Å²) in [6.45, 7) is 5.34. The Hall–Kier alpha value is -0.930. The van der Waals surface area contributed by atoms with E-state index in [1.807, 2.05) is 12.4 Å². The van der Waals surface area contributed by atoms with Crippen LogP contribution in [0.3, 0.4) is 0 Å². The van der Waals surface area contributed by atoms with Crippen LogP contribution < -0.4 is 5.73 Å². The molecule has 0 aromatic carbocycles. The fourth-order valence-electron chi connectivity index (χ4n) is 2.19. The lowest BCUT2D eigenvalue weighted by Crippen LogP contribution is -2.26. The summed E-state index contributed by atoms with van der Waals surface area (Å²) in [7, 11) is 0. The number of pyridine rings is 1. The van der Waals surface area contributed by atoms with Crippen LogP contribution in [-0.4, -0.2) is 29.0 Å². The molecule has 1 saturated heterocycles. The molecule has 1 aliphatic heterocycles. The molecular formula is C12H19N3. The zero-order chi connectivity index (χ0) is 10.7. The van der Waals surface area contributed by atoms with Gasteiger partial charge in [0, 0.05) is 38.1 Å². The maximum Gasteiger partial charge on any atom is 0.0315 e. The summed E-state index contributed by atoms with van der Waals surface area (Å²) in [5, 5.41) is 0. The van der Waals surface area contributed by atoms with Crippen LogP contribution >= 0.6 is 0 Å². The lowest BCUT2D eigenvalue weighted by Gasteiger charge is -2.16. The van der Waals surface area contributed by atoms with Crippen LogP contribution in [0.25, 0.3) is 0 Å². The van der Waals surface area contributed by atoms with Gasteiger partial charge in [-0.25, -0.2) is 0 Å². The molecule has 0 radical (unpaired) electrons. The number of aryl methyl sites for hydroxylation is 1. The fourth-order valence-corrected chi connectivity index (χ4v) is 2.19. The van der Waals surface area contributed by atoms with Gasteiger partial charge in [-0.3, -0.25) is 9.88 Å². The van der Waals surface area contributed by atoms with Crippen molar-refractivity contribution in [3.8, 4) is 0 Å². The molecular weight excluding hydrogens is 186 g/mol. The molecule has 1 atom stereocenters. The summed E-state index contributed by atoms with van der Waals surface area (Å²) in [6, 6.07) is 2.48. The molecule has 0 amide bonds. The van der Waals surface area contributed by atoms with E-state index < -0.39 is 0 Å². The molecule has 0 spiro atoms. The Morgan fingerprint density at radius 1 is 1.53 bits per heavy atom. The van der Waals surface area contributed by atoms with Crippen molar-refractivity contribution in [2.75, 3.05) is 13.1 Å². The number of nitrogens with zero attached hydrogens (tertiary/aromatic N) is 2. The largest absolute Gasteiger partial charge is 0.326 e. The molecule has 1 unspecified atom stereocenters. The van der Waals surface area contributed by atoms with E-state index in [-0.39, 0.29) is 0 Å². The quantitative estimate of drug-likeness (QED) is 0.805. The highest BCUT2D eigenvalue weighted by molar-refractivity contribution is 5.23. The molecule has 0 saturated carbocycles. The first kappa shape index (κ1) is 10.6. The van der Waals surface area contributed by atoms with Gasteiger partial charge in [-0.2, -0.15) is 0 Å². The Labute approximate surface area is 91.3 Å². The fraction of sp³-hybridized carbons (Fsp3) is 0.583. The van der Waals surface area contributed by atoms with E-state index in [0.717, 1.165) is 32.5 Å². The second-order valence-corrected chi connectivity index (χ2v) is 4.28. The van der Waals surface area contributed by atoms with E-state index in [1.54, 1.807) is 0 Å². The lowest BCUT2D eigenvalue weighted by molar-refractivity contribution is 0.325. The topological polar surface area (TPSA) is 42.2 Å². The van der Waals surface area contributed by atoms with Crippen molar-refractivity contribution in [3.63, 3.8) is 0 Å². The molecule has 1 aromatic rings. The van der Waals surface area contributed by atoms with Crippen molar-refractivity contribution in [2.45, 2.75) is 32.4 Å². The standard InChI is InChI=1S/C12H19N3/c1-2-10-3-5-14-7-11(10)8-15-6-4-12(13)9-15/h3,5,7,12H,2,4,6,8-9,13H2,1H3. The molecule has 15 heavy (non-hydrogen) atoms. The van der Waals surface area contributed by atoms with Gasteiger partial charge in [0.2, 0.25) is 0 Å². The molecule has 3 heteroatoms. The highest BCUT2D eigenvalue weighted by Crippen LogP contribution is 2.15. The molecule has 0 bridgehead atoms. The van der Waals surface area contributed by atoms with Crippen LogP contribution in [-0.2, 0) is 13.0 Å². The molecule has 82 valence electrons. The van der Waals surface area contributed by atoms with Crippen LogP contribution in [0.5, 0.6) is 0 Å². The number of aromatic nitrogens is 1. The summed E-state index contributed by atoms with van der Waals surface area (Å²) < 4.78 is 0. The van der Waals surface area contributed by atoms with Gasteiger partial charge in [0.15, 0.2) is 0 Å². The van der Waals surface area contributed by atoms with Crippen molar-refractivity contribution >= 4 is 0 Å². The normalized spacial score (nSPS) is 22.1. The molecule has 1 aromatic heterocycles. The first-order valence-electron chi connectivity index (χ1n) is 5.69. The molecule has 1 aliphatic rings. The number of hydrogen-bond acceptors (Lipinski definition) is 3. The molecule has 2 N–H and O–H groups in total. The first-order chi connectivity index (χ1) is 7.29.